The summed E-state index contributed by atoms with van der Waals surface area (Å²) < 4.78 is 16.8. The summed E-state index contributed by atoms with van der Waals surface area (Å²) in [4.78, 5) is 0. The minimum absolute atomic E-state index is 0.00399. The van der Waals surface area contributed by atoms with Crippen molar-refractivity contribution in [1.82, 2.24) is 5.32 Å². The summed E-state index contributed by atoms with van der Waals surface area (Å²) in [5, 5.41) is 3.28. The van der Waals surface area contributed by atoms with Crippen LogP contribution in [-0.2, 0) is 20.8 Å². The third-order valence-corrected chi connectivity index (χ3v) is 3.28. The quantitative estimate of drug-likeness (QED) is 0.792. The highest BCUT2D eigenvalue weighted by Crippen LogP contribution is 2.06. The van der Waals surface area contributed by atoms with Crippen LogP contribution in [0.3, 0.4) is 0 Å². The van der Waals surface area contributed by atoms with Crippen molar-refractivity contribution in [3.05, 3.63) is 35.9 Å². The smallest absolute Gasteiger partial charge is 0.104 e. The molecular weight excluding hydrogens is 290 g/mol. The molecule has 1 N–H and O–H groups in total. The Morgan fingerprint density at radius 3 is 2.35 bits per heavy atom. The van der Waals surface area contributed by atoms with Crippen LogP contribution in [0.1, 0.15) is 39.7 Å². The number of ether oxygens (including phenoxy) is 3. The zero-order valence-electron chi connectivity index (χ0n) is 15.5. The highest BCUT2D eigenvalue weighted by atomic mass is 16.6. The van der Waals surface area contributed by atoms with Gasteiger partial charge in [-0.2, -0.15) is 0 Å². The molecule has 0 aliphatic carbocycles. The van der Waals surface area contributed by atoms with Crippen LogP contribution in [0.15, 0.2) is 30.3 Å². The van der Waals surface area contributed by atoms with Crippen molar-refractivity contribution < 1.29 is 14.2 Å². The van der Waals surface area contributed by atoms with Gasteiger partial charge in [0.1, 0.15) is 6.10 Å². The molecule has 2 unspecified atom stereocenters. The summed E-state index contributed by atoms with van der Waals surface area (Å²) in [6.07, 6.45) is 1.41. The Balaban J connectivity index is 0.00000112. The van der Waals surface area contributed by atoms with Gasteiger partial charge in [-0.15, -0.1) is 0 Å². The topological polar surface area (TPSA) is 39.7 Å². The highest BCUT2D eigenvalue weighted by Gasteiger charge is 2.17. The molecule has 1 aromatic rings. The Kier molecular flexibility index (Phi) is 15.3. The van der Waals surface area contributed by atoms with Crippen molar-refractivity contribution in [2.45, 2.75) is 52.9 Å². The molecule has 1 fully saturated rings. The van der Waals surface area contributed by atoms with E-state index in [1.807, 2.05) is 45.9 Å². The Morgan fingerprint density at radius 1 is 1.09 bits per heavy atom. The van der Waals surface area contributed by atoms with Gasteiger partial charge in [0.15, 0.2) is 0 Å². The van der Waals surface area contributed by atoms with E-state index in [1.54, 1.807) is 7.11 Å². The van der Waals surface area contributed by atoms with Crippen molar-refractivity contribution >= 4 is 0 Å². The van der Waals surface area contributed by atoms with Crippen LogP contribution in [0.2, 0.25) is 0 Å². The van der Waals surface area contributed by atoms with E-state index in [0.29, 0.717) is 25.9 Å². The molecule has 0 radical (unpaired) electrons. The van der Waals surface area contributed by atoms with Gasteiger partial charge in [-0.1, -0.05) is 58.0 Å². The Hall–Kier alpha value is -0.940. The van der Waals surface area contributed by atoms with Gasteiger partial charge in [0.25, 0.3) is 0 Å². The molecule has 134 valence electrons. The van der Waals surface area contributed by atoms with Gasteiger partial charge in [0.05, 0.1) is 25.9 Å². The first-order chi connectivity index (χ1) is 11.4. The van der Waals surface area contributed by atoms with Gasteiger partial charge >= 0.3 is 0 Å². The molecule has 1 aromatic carbocycles. The van der Waals surface area contributed by atoms with E-state index >= 15 is 0 Å². The molecule has 1 aliphatic rings. The van der Waals surface area contributed by atoms with Gasteiger partial charge in [0.2, 0.25) is 0 Å². The van der Waals surface area contributed by atoms with Gasteiger partial charge < -0.3 is 19.5 Å². The van der Waals surface area contributed by atoms with Crippen molar-refractivity contribution in [2.75, 3.05) is 33.4 Å². The van der Waals surface area contributed by atoms with Gasteiger partial charge in [-0.3, -0.25) is 0 Å². The van der Waals surface area contributed by atoms with E-state index in [1.165, 1.54) is 5.56 Å². The van der Waals surface area contributed by atoms with E-state index < -0.39 is 0 Å². The molecule has 1 heterocycles. The summed E-state index contributed by atoms with van der Waals surface area (Å²) in [6.45, 7) is 11.8. The van der Waals surface area contributed by atoms with Crippen LogP contribution >= 0.6 is 0 Å². The lowest BCUT2D eigenvalue weighted by Gasteiger charge is -2.18. The van der Waals surface area contributed by atoms with Crippen LogP contribution in [-0.4, -0.2) is 45.6 Å². The Morgan fingerprint density at radius 2 is 1.78 bits per heavy atom. The summed E-state index contributed by atoms with van der Waals surface area (Å²) in [7, 11) is 1.70. The number of rotatable bonds is 8. The Labute approximate surface area is 142 Å². The van der Waals surface area contributed by atoms with Gasteiger partial charge in [-0.05, 0) is 18.5 Å². The number of benzene rings is 1. The second kappa shape index (κ2) is 15.9. The lowest BCUT2D eigenvalue weighted by atomic mass is 10.2. The molecular formula is C19H35NO3. The fourth-order valence-electron chi connectivity index (χ4n) is 2.08. The predicted octanol–water partition coefficient (Wildman–Crippen LogP) is 3.65. The standard InChI is InChI=1S/C15H23NO3.2C2H6/c1-17-15(12-19-14-7-8-16-9-14)11-18-10-13-5-3-2-4-6-13;2*1-2/h2-6,14-16H,7-12H2,1H3;2*1-2H3. The number of methoxy groups -OCH3 is 1. The third-order valence-electron chi connectivity index (χ3n) is 3.28. The molecule has 0 amide bonds. The lowest BCUT2D eigenvalue weighted by Crippen LogP contribution is -2.28. The second-order valence-electron chi connectivity index (χ2n) is 4.81. The van der Waals surface area contributed by atoms with Crippen LogP contribution < -0.4 is 5.32 Å². The zero-order valence-corrected chi connectivity index (χ0v) is 15.5. The summed E-state index contributed by atoms with van der Waals surface area (Å²) >= 11 is 0. The molecule has 4 heteroatoms. The first kappa shape index (κ1) is 22.1. The third kappa shape index (κ3) is 10.4. The number of hydrogen-bond acceptors (Lipinski definition) is 4. The van der Waals surface area contributed by atoms with E-state index in [0.717, 1.165) is 19.5 Å². The molecule has 0 bridgehead atoms. The molecule has 0 spiro atoms. The monoisotopic (exact) mass is 325 g/mol. The molecule has 0 saturated carbocycles. The van der Waals surface area contributed by atoms with Gasteiger partial charge in [-0.25, -0.2) is 0 Å². The number of nitrogens with one attached hydrogen (secondary N) is 1. The maximum absolute atomic E-state index is 5.79. The lowest BCUT2D eigenvalue weighted by molar-refractivity contribution is -0.0606. The number of hydrogen-bond donors (Lipinski definition) is 1. The van der Waals surface area contributed by atoms with Crippen molar-refractivity contribution in [2.24, 2.45) is 0 Å². The van der Waals surface area contributed by atoms with E-state index in [4.69, 9.17) is 14.2 Å². The van der Waals surface area contributed by atoms with E-state index in [2.05, 4.69) is 17.4 Å². The molecule has 1 aliphatic heterocycles. The van der Waals surface area contributed by atoms with Crippen molar-refractivity contribution in [1.29, 1.82) is 0 Å². The zero-order chi connectivity index (χ0) is 17.3. The van der Waals surface area contributed by atoms with Crippen molar-refractivity contribution in [3.63, 3.8) is 0 Å². The normalized spacial score (nSPS) is 17.5. The Bertz CT molecular complexity index is 340. The first-order valence-electron chi connectivity index (χ1n) is 8.85. The predicted molar refractivity (Wildman–Crippen MR) is 96.8 cm³/mol. The molecule has 4 nitrogen and oxygen atoms in total. The first-order valence-corrected chi connectivity index (χ1v) is 8.85. The average molecular weight is 325 g/mol. The maximum atomic E-state index is 5.79. The van der Waals surface area contributed by atoms with Crippen LogP contribution in [0.4, 0.5) is 0 Å². The molecule has 2 atom stereocenters. The molecule has 0 aromatic heterocycles. The van der Waals surface area contributed by atoms with E-state index in [9.17, 15) is 0 Å². The van der Waals surface area contributed by atoms with Crippen LogP contribution in [0, 0.1) is 0 Å². The van der Waals surface area contributed by atoms with E-state index in [-0.39, 0.29) is 6.10 Å². The molecule has 1 saturated heterocycles. The maximum Gasteiger partial charge on any atom is 0.104 e. The summed E-state index contributed by atoms with van der Waals surface area (Å²) in [5.41, 5.74) is 1.18. The highest BCUT2D eigenvalue weighted by molar-refractivity contribution is 5.13. The SMILES string of the molecule is CC.CC.COC(COCc1ccccc1)COC1CCNC1. The summed E-state index contributed by atoms with van der Waals surface area (Å²) in [5.74, 6) is 0. The minimum Gasteiger partial charge on any atom is -0.377 e. The van der Waals surface area contributed by atoms with Crippen LogP contribution in [0.25, 0.3) is 0 Å². The second-order valence-corrected chi connectivity index (χ2v) is 4.81. The van der Waals surface area contributed by atoms with Gasteiger partial charge in [0, 0.05) is 13.7 Å². The molecule has 23 heavy (non-hydrogen) atoms. The fraction of sp³-hybridized carbons (Fsp3) is 0.684. The largest absolute Gasteiger partial charge is 0.377 e. The van der Waals surface area contributed by atoms with Crippen molar-refractivity contribution in [3.8, 4) is 0 Å². The fourth-order valence-corrected chi connectivity index (χ4v) is 2.08. The summed E-state index contributed by atoms with van der Waals surface area (Å²) in [6, 6.07) is 10.2. The average Bonchev–Trinajstić information content (AvgIpc) is 3.16. The van der Waals surface area contributed by atoms with Crippen LogP contribution in [0.5, 0.6) is 0 Å². The molecule has 2 rings (SSSR count). The minimum atomic E-state index is 0.00399.